The molecule has 3 unspecified atom stereocenters. The highest BCUT2D eigenvalue weighted by molar-refractivity contribution is 5.80. The van der Waals surface area contributed by atoms with Crippen molar-refractivity contribution in [2.45, 2.75) is 78.4 Å². The van der Waals surface area contributed by atoms with Crippen LogP contribution in [0.4, 0.5) is 0 Å². The van der Waals surface area contributed by atoms with Gasteiger partial charge in [0.05, 0.1) is 6.61 Å². The predicted octanol–water partition coefficient (Wildman–Crippen LogP) is 2.82. The Morgan fingerprint density at radius 2 is 1.85 bits per heavy atom. The van der Waals surface area contributed by atoms with Gasteiger partial charge in [0.15, 0.2) is 0 Å². The zero-order valence-electron chi connectivity index (χ0n) is 14.5. The molecule has 0 aliphatic carbocycles. The summed E-state index contributed by atoms with van der Waals surface area (Å²) in [7, 11) is 2.14. The lowest BCUT2D eigenvalue weighted by atomic mass is 9.92. The van der Waals surface area contributed by atoms with Crippen LogP contribution >= 0.6 is 0 Å². The van der Waals surface area contributed by atoms with Gasteiger partial charge < -0.3 is 15.0 Å². The second kappa shape index (κ2) is 9.35. The summed E-state index contributed by atoms with van der Waals surface area (Å²) < 4.78 is 5.23. The summed E-state index contributed by atoms with van der Waals surface area (Å²) in [5, 5.41) is 3.30. The molecular formula is C16H34N2O2. The molecule has 0 saturated carbocycles. The number of hydrogen-bond acceptors (Lipinski definition) is 4. The molecule has 4 nitrogen and oxygen atoms in total. The molecule has 0 fully saturated rings. The van der Waals surface area contributed by atoms with Crippen molar-refractivity contribution in [3.05, 3.63) is 0 Å². The number of likely N-dealkylation sites (N-methyl/N-ethyl adjacent to an activating group) is 1. The Labute approximate surface area is 125 Å². The minimum Gasteiger partial charge on any atom is -0.465 e. The van der Waals surface area contributed by atoms with Crippen molar-refractivity contribution >= 4 is 5.97 Å². The van der Waals surface area contributed by atoms with Crippen molar-refractivity contribution in [1.29, 1.82) is 0 Å². The SMILES string of the molecule is CCCC(C)N(C)C(C)CC(C)(NCC)C(=O)OCC. The zero-order valence-corrected chi connectivity index (χ0v) is 14.5. The minimum atomic E-state index is -0.607. The second-order valence-electron chi connectivity index (χ2n) is 5.94. The monoisotopic (exact) mass is 286 g/mol. The van der Waals surface area contributed by atoms with E-state index in [1.165, 1.54) is 12.8 Å². The van der Waals surface area contributed by atoms with E-state index in [-0.39, 0.29) is 5.97 Å². The summed E-state index contributed by atoms with van der Waals surface area (Å²) in [6.07, 6.45) is 3.11. The largest absolute Gasteiger partial charge is 0.465 e. The average Bonchev–Trinajstić information content (AvgIpc) is 2.38. The van der Waals surface area contributed by atoms with E-state index in [4.69, 9.17) is 4.74 Å². The molecule has 0 rings (SSSR count). The molecule has 0 amide bonds. The highest BCUT2D eigenvalue weighted by atomic mass is 16.5. The van der Waals surface area contributed by atoms with Gasteiger partial charge in [0.2, 0.25) is 0 Å². The number of ether oxygens (including phenoxy) is 1. The first-order valence-electron chi connectivity index (χ1n) is 7.96. The summed E-state index contributed by atoms with van der Waals surface area (Å²) in [6.45, 7) is 13.6. The summed E-state index contributed by atoms with van der Waals surface area (Å²) in [5.41, 5.74) is -0.607. The van der Waals surface area contributed by atoms with E-state index < -0.39 is 5.54 Å². The smallest absolute Gasteiger partial charge is 0.326 e. The maximum absolute atomic E-state index is 12.2. The number of rotatable bonds is 10. The first-order chi connectivity index (χ1) is 9.32. The lowest BCUT2D eigenvalue weighted by Gasteiger charge is -2.37. The summed E-state index contributed by atoms with van der Waals surface area (Å²) in [5.74, 6) is -0.148. The first kappa shape index (κ1) is 19.4. The Morgan fingerprint density at radius 1 is 1.25 bits per heavy atom. The third kappa shape index (κ3) is 5.80. The molecular weight excluding hydrogens is 252 g/mol. The molecule has 0 bridgehead atoms. The van der Waals surface area contributed by atoms with Crippen molar-refractivity contribution in [1.82, 2.24) is 10.2 Å². The van der Waals surface area contributed by atoms with Crippen molar-refractivity contribution < 1.29 is 9.53 Å². The van der Waals surface area contributed by atoms with Gasteiger partial charge in [0, 0.05) is 12.1 Å². The minimum absolute atomic E-state index is 0.148. The Morgan fingerprint density at radius 3 is 2.30 bits per heavy atom. The van der Waals surface area contributed by atoms with Crippen LogP contribution in [0.1, 0.15) is 60.8 Å². The predicted molar refractivity (Wildman–Crippen MR) is 84.9 cm³/mol. The highest BCUT2D eigenvalue weighted by Gasteiger charge is 2.36. The van der Waals surface area contributed by atoms with E-state index in [0.29, 0.717) is 18.7 Å². The van der Waals surface area contributed by atoms with E-state index in [2.05, 4.69) is 38.0 Å². The number of carbonyl (C=O) groups excluding carboxylic acids is 1. The fraction of sp³-hybridized carbons (Fsp3) is 0.938. The number of nitrogens with one attached hydrogen (secondary N) is 1. The summed E-state index contributed by atoms with van der Waals surface area (Å²) >= 11 is 0. The van der Waals surface area contributed by atoms with Gasteiger partial charge in [-0.25, -0.2) is 0 Å². The standard InChI is InChI=1S/C16H34N2O2/c1-8-11-13(4)18(7)14(5)12-16(6,17-9-2)15(19)20-10-3/h13-14,17H,8-12H2,1-7H3. The normalized spacial score (nSPS) is 17.6. The molecule has 3 atom stereocenters. The average molecular weight is 286 g/mol. The number of carbonyl (C=O) groups is 1. The van der Waals surface area contributed by atoms with Crippen LogP contribution < -0.4 is 5.32 Å². The third-order valence-corrected chi connectivity index (χ3v) is 4.09. The van der Waals surface area contributed by atoms with Gasteiger partial charge in [-0.05, 0) is 54.1 Å². The molecule has 0 aromatic carbocycles. The Hall–Kier alpha value is -0.610. The topological polar surface area (TPSA) is 41.6 Å². The molecule has 120 valence electrons. The molecule has 20 heavy (non-hydrogen) atoms. The molecule has 0 saturated heterocycles. The summed E-state index contributed by atoms with van der Waals surface area (Å²) in [4.78, 5) is 14.6. The van der Waals surface area contributed by atoms with E-state index in [0.717, 1.165) is 13.0 Å². The van der Waals surface area contributed by atoms with Crippen molar-refractivity contribution in [3.63, 3.8) is 0 Å². The Kier molecular flexibility index (Phi) is 9.06. The maximum Gasteiger partial charge on any atom is 0.326 e. The number of nitrogens with zero attached hydrogens (tertiary/aromatic N) is 1. The van der Waals surface area contributed by atoms with E-state index in [9.17, 15) is 4.79 Å². The van der Waals surface area contributed by atoms with Gasteiger partial charge in [-0.3, -0.25) is 4.79 Å². The second-order valence-corrected chi connectivity index (χ2v) is 5.94. The molecule has 4 heteroatoms. The molecule has 0 spiro atoms. The van der Waals surface area contributed by atoms with Gasteiger partial charge in [-0.15, -0.1) is 0 Å². The van der Waals surface area contributed by atoms with Crippen LogP contribution in [-0.2, 0) is 9.53 Å². The van der Waals surface area contributed by atoms with Crippen LogP contribution in [0.3, 0.4) is 0 Å². The van der Waals surface area contributed by atoms with Crippen LogP contribution in [-0.4, -0.2) is 48.7 Å². The number of esters is 1. The zero-order chi connectivity index (χ0) is 15.8. The van der Waals surface area contributed by atoms with E-state index >= 15 is 0 Å². The lowest BCUT2D eigenvalue weighted by Crippen LogP contribution is -2.54. The third-order valence-electron chi connectivity index (χ3n) is 4.09. The molecule has 0 heterocycles. The van der Waals surface area contributed by atoms with Crippen molar-refractivity contribution in [2.24, 2.45) is 0 Å². The molecule has 0 aromatic rings. The maximum atomic E-state index is 12.2. The summed E-state index contributed by atoms with van der Waals surface area (Å²) in [6, 6.07) is 0.855. The highest BCUT2D eigenvalue weighted by Crippen LogP contribution is 2.20. The van der Waals surface area contributed by atoms with Crippen LogP contribution in [0.2, 0.25) is 0 Å². The molecule has 0 aliphatic rings. The van der Waals surface area contributed by atoms with Crippen molar-refractivity contribution in [2.75, 3.05) is 20.2 Å². The fourth-order valence-electron chi connectivity index (χ4n) is 2.70. The lowest BCUT2D eigenvalue weighted by molar-refractivity contribution is -0.151. The van der Waals surface area contributed by atoms with E-state index in [1.807, 2.05) is 20.8 Å². The molecule has 0 aromatic heterocycles. The Bertz CT molecular complexity index is 284. The van der Waals surface area contributed by atoms with E-state index in [1.54, 1.807) is 0 Å². The van der Waals surface area contributed by atoms with Crippen LogP contribution in [0.15, 0.2) is 0 Å². The molecule has 0 aliphatic heterocycles. The van der Waals surface area contributed by atoms with Gasteiger partial charge in [-0.2, -0.15) is 0 Å². The van der Waals surface area contributed by atoms with Gasteiger partial charge >= 0.3 is 5.97 Å². The van der Waals surface area contributed by atoms with Gasteiger partial charge in [0.1, 0.15) is 5.54 Å². The van der Waals surface area contributed by atoms with Crippen LogP contribution in [0.5, 0.6) is 0 Å². The fourth-order valence-corrected chi connectivity index (χ4v) is 2.70. The van der Waals surface area contributed by atoms with Gasteiger partial charge in [-0.1, -0.05) is 20.3 Å². The molecule has 1 N–H and O–H groups in total. The number of hydrogen-bond donors (Lipinski definition) is 1. The van der Waals surface area contributed by atoms with Crippen LogP contribution in [0, 0.1) is 0 Å². The first-order valence-corrected chi connectivity index (χ1v) is 7.96. The van der Waals surface area contributed by atoms with Crippen LogP contribution in [0.25, 0.3) is 0 Å². The Balaban J connectivity index is 4.76. The molecule has 0 radical (unpaired) electrons. The quantitative estimate of drug-likeness (QED) is 0.627. The van der Waals surface area contributed by atoms with Gasteiger partial charge in [0.25, 0.3) is 0 Å². The van der Waals surface area contributed by atoms with Crippen molar-refractivity contribution in [3.8, 4) is 0 Å².